The lowest BCUT2D eigenvalue weighted by Gasteiger charge is -2.03. The molecule has 4 heteroatoms. The van der Waals surface area contributed by atoms with Crippen molar-refractivity contribution >= 4 is 44.2 Å². The summed E-state index contributed by atoms with van der Waals surface area (Å²) >= 11 is 9.42. The summed E-state index contributed by atoms with van der Waals surface area (Å²) in [4.78, 5) is 15.7. The molecule has 2 aromatic carbocycles. The highest BCUT2D eigenvalue weighted by molar-refractivity contribution is 9.10. The first-order chi connectivity index (χ1) is 9.56. The van der Waals surface area contributed by atoms with Gasteiger partial charge >= 0.3 is 0 Å². The van der Waals surface area contributed by atoms with Gasteiger partial charge in [-0.2, -0.15) is 0 Å². The lowest BCUT2D eigenvalue weighted by molar-refractivity contribution is 0.104. The Morgan fingerprint density at radius 2 is 2.00 bits per heavy atom. The van der Waals surface area contributed by atoms with Crippen LogP contribution in [0.25, 0.3) is 10.9 Å². The number of hydrogen-bond donors (Lipinski definition) is 1. The third-order valence-corrected chi connectivity index (χ3v) is 4.23. The molecule has 0 saturated heterocycles. The third kappa shape index (κ3) is 2.28. The van der Waals surface area contributed by atoms with E-state index >= 15 is 0 Å². The zero-order valence-electron chi connectivity index (χ0n) is 10.7. The number of rotatable bonds is 2. The van der Waals surface area contributed by atoms with Gasteiger partial charge in [0.25, 0.3) is 0 Å². The van der Waals surface area contributed by atoms with Crippen LogP contribution in [0.1, 0.15) is 21.5 Å². The van der Waals surface area contributed by atoms with Crippen LogP contribution in [0, 0.1) is 6.92 Å². The van der Waals surface area contributed by atoms with E-state index in [2.05, 4.69) is 20.9 Å². The molecule has 100 valence electrons. The quantitative estimate of drug-likeness (QED) is 0.640. The van der Waals surface area contributed by atoms with Crippen LogP contribution >= 0.6 is 27.5 Å². The van der Waals surface area contributed by atoms with E-state index < -0.39 is 0 Å². The highest BCUT2D eigenvalue weighted by Gasteiger charge is 2.14. The number of H-pyrrole nitrogens is 1. The smallest absolute Gasteiger partial charge is 0.195 e. The van der Waals surface area contributed by atoms with Crippen molar-refractivity contribution in [1.29, 1.82) is 0 Å². The SMILES string of the molecule is Cc1cc(C(=O)c2c[nH]c3cc(Br)ccc23)ccc1Cl. The number of carbonyl (C=O) groups excluding carboxylic acids is 1. The summed E-state index contributed by atoms with van der Waals surface area (Å²) in [6.45, 7) is 1.89. The van der Waals surface area contributed by atoms with Crippen LogP contribution in [0.4, 0.5) is 0 Å². The first kappa shape index (κ1) is 13.4. The van der Waals surface area contributed by atoms with Crippen LogP contribution in [-0.4, -0.2) is 10.8 Å². The number of halogens is 2. The molecule has 3 rings (SSSR count). The number of hydrogen-bond acceptors (Lipinski definition) is 1. The first-order valence-electron chi connectivity index (χ1n) is 6.14. The molecule has 2 nitrogen and oxygen atoms in total. The second kappa shape index (κ2) is 5.08. The van der Waals surface area contributed by atoms with E-state index in [9.17, 15) is 4.79 Å². The van der Waals surface area contributed by atoms with E-state index in [0.717, 1.165) is 20.9 Å². The minimum Gasteiger partial charge on any atom is -0.360 e. The van der Waals surface area contributed by atoms with E-state index in [4.69, 9.17) is 11.6 Å². The average molecular weight is 349 g/mol. The monoisotopic (exact) mass is 347 g/mol. The number of aromatic nitrogens is 1. The van der Waals surface area contributed by atoms with Gasteiger partial charge in [0.1, 0.15) is 0 Å². The minimum absolute atomic E-state index is 0.00154. The van der Waals surface area contributed by atoms with Crippen molar-refractivity contribution in [2.45, 2.75) is 6.92 Å². The molecule has 0 saturated carbocycles. The number of ketones is 1. The second-order valence-corrected chi connectivity index (χ2v) is 6.01. The van der Waals surface area contributed by atoms with Crippen LogP contribution in [0.5, 0.6) is 0 Å². The van der Waals surface area contributed by atoms with Crippen LogP contribution < -0.4 is 0 Å². The van der Waals surface area contributed by atoms with Crippen molar-refractivity contribution in [2.75, 3.05) is 0 Å². The Hall–Kier alpha value is -1.58. The maximum Gasteiger partial charge on any atom is 0.195 e. The van der Waals surface area contributed by atoms with Crippen molar-refractivity contribution in [3.63, 3.8) is 0 Å². The average Bonchev–Trinajstić information content (AvgIpc) is 2.84. The third-order valence-electron chi connectivity index (χ3n) is 3.31. The van der Waals surface area contributed by atoms with Crippen molar-refractivity contribution in [3.05, 3.63) is 68.8 Å². The van der Waals surface area contributed by atoms with Crippen molar-refractivity contribution in [3.8, 4) is 0 Å². The highest BCUT2D eigenvalue weighted by Crippen LogP contribution is 2.25. The van der Waals surface area contributed by atoms with E-state index in [1.54, 1.807) is 18.3 Å². The zero-order chi connectivity index (χ0) is 14.3. The van der Waals surface area contributed by atoms with Gasteiger partial charge in [0.05, 0.1) is 0 Å². The topological polar surface area (TPSA) is 32.9 Å². The molecule has 0 unspecified atom stereocenters. The molecule has 0 radical (unpaired) electrons. The molecule has 1 heterocycles. The summed E-state index contributed by atoms with van der Waals surface area (Å²) < 4.78 is 0.980. The van der Waals surface area contributed by atoms with E-state index in [1.807, 2.05) is 31.2 Å². The largest absolute Gasteiger partial charge is 0.360 e. The van der Waals surface area contributed by atoms with Crippen LogP contribution in [-0.2, 0) is 0 Å². The standard InChI is InChI=1S/C16H11BrClNO/c1-9-6-10(2-5-14(9)18)16(20)13-8-19-15-7-11(17)3-4-12(13)15/h2-8,19H,1H3. The predicted molar refractivity (Wildman–Crippen MR) is 85.6 cm³/mol. The fourth-order valence-electron chi connectivity index (χ4n) is 2.23. The molecule has 0 aliphatic carbocycles. The fourth-order valence-corrected chi connectivity index (χ4v) is 2.71. The van der Waals surface area contributed by atoms with Gasteiger partial charge in [-0.1, -0.05) is 33.6 Å². The van der Waals surface area contributed by atoms with Crippen molar-refractivity contribution in [2.24, 2.45) is 0 Å². The van der Waals surface area contributed by atoms with Gasteiger partial charge in [0.2, 0.25) is 0 Å². The van der Waals surface area contributed by atoms with Gasteiger partial charge in [-0.15, -0.1) is 0 Å². The molecule has 3 aromatic rings. The summed E-state index contributed by atoms with van der Waals surface area (Å²) in [6, 6.07) is 11.2. The normalized spacial score (nSPS) is 10.9. The zero-order valence-corrected chi connectivity index (χ0v) is 13.0. The van der Waals surface area contributed by atoms with Crippen LogP contribution in [0.3, 0.4) is 0 Å². The van der Waals surface area contributed by atoms with Gasteiger partial charge in [-0.25, -0.2) is 0 Å². The van der Waals surface area contributed by atoms with Crippen LogP contribution in [0.2, 0.25) is 5.02 Å². The number of carbonyl (C=O) groups is 1. The number of aromatic amines is 1. The molecule has 0 aliphatic rings. The highest BCUT2D eigenvalue weighted by atomic mass is 79.9. The lowest BCUT2D eigenvalue weighted by atomic mass is 10.0. The molecule has 0 fully saturated rings. The number of fused-ring (bicyclic) bond motifs is 1. The Morgan fingerprint density at radius 1 is 1.20 bits per heavy atom. The van der Waals surface area contributed by atoms with Gasteiger partial charge in [0, 0.05) is 37.7 Å². The maximum atomic E-state index is 12.6. The molecule has 1 N–H and O–H groups in total. The summed E-state index contributed by atoms with van der Waals surface area (Å²) in [5, 5.41) is 1.59. The maximum absolute atomic E-state index is 12.6. The summed E-state index contributed by atoms with van der Waals surface area (Å²) in [7, 11) is 0. The Labute approximate surface area is 129 Å². The molecule has 0 atom stereocenters. The molecular weight excluding hydrogens is 338 g/mol. The van der Waals surface area contributed by atoms with Gasteiger partial charge in [-0.3, -0.25) is 4.79 Å². The van der Waals surface area contributed by atoms with Gasteiger partial charge in [-0.05, 0) is 42.8 Å². The molecule has 20 heavy (non-hydrogen) atoms. The minimum atomic E-state index is -0.00154. The van der Waals surface area contributed by atoms with Gasteiger partial charge in [0.15, 0.2) is 5.78 Å². The second-order valence-electron chi connectivity index (χ2n) is 4.69. The summed E-state index contributed by atoms with van der Waals surface area (Å²) in [5.74, 6) is -0.00154. The Bertz CT molecular complexity index is 822. The molecule has 1 aromatic heterocycles. The van der Waals surface area contributed by atoms with Gasteiger partial charge < -0.3 is 4.98 Å². The number of benzene rings is 2. The Balaban J connectivity index is 2.10. The number of aryl methyl sites for hydroxylation is 1. The predicted octanol–water partition coefficient (Wildman–Crippen LogP) is 5.12. The Kier molecular flexibility index (Phi) is 3.40. The van der Waals surface area contributed by atoms with E-state index in [0.29, 0.717) is 16.1 Å². The fraction of sp³-hybridized carbons (Fsp3) is 0.0625. The molecule has 0 bridgehead atoms. The van der Waals surface area contributed by atoms with Crippen LogP contribution in [0.15, 0.2) is 47.1 Å². The molecule has 0 amide bonds. The van der Waals surface area contributed by atoms with Crippen molar-refractivity contribution < 1.29 is 4.79 Å². The molecular formula is C16H11BrClNO. The van der Waals surface area contributed by atoms with E-state index in [-0.39, 0.29) is 5.78 Å². The summed E-state index contributed by atoms with van der Waals surface area (Å²) in [6.07, 6.45) is 1.75. The molecule has 0 aliphatic heterocycles. The first-order valence-corrected chi connectivity index (χ1v) is 7.31. The molecule has 0 spiro atoms. The Morgan fingerprint density at radius 3 is 2.75 bits per heavy atom. The lowest BCUT2D eigenvalue weighted by Crippen LogP contribution is -2.00. The van der Waals surface area contributed by atoms with Crippen molar-refractivity contribution in [1.82, 2.24) is 4.98 Å². The number of nitrogens with one attached hydrogen (secondary N) is 1. The summed E-state index contributed by atoms with van der Waals surface area (Å²) in [5.41, 5.74) is 3.17. The van der Waals surface area contributed by atoms with E-state index in [1.165, 1.54) is 0 Å².